The van der Waals surface area contributed by atoms with E-state index < -0.39 is 0 Å². The third-order valence-corrected chi connectivity index (χ3v) is 3.36. The van der Waals surface area contributed by atoms with Gasteiger partial charge in [0, 0.05) is 29.8 Å². The van der Waals surface area contributed by atoms with Gasteiger partial charge in [-0.15, -0.1) is 0 Å². The average Bonchev–Trinajstić information content (AvgIpc) is 2.76. The Balaban J connectivity index is 1.95. The fourth-order valence-corrected chi connectivity index (χ4v) is 2.31. The zero-order valence-corrected chi connectivity index (χ0v) is 10.7. The van der Waals surface area contributed by atoms with Gasteiger partial charge in [0.1, 0.15) is 0 Å². The van der Waals surface area contributed by atoms with Crippen LogP contribution in [-0.2, 0) is 11.2 Å². The van der Waals surface area contributed by atoms with Gasteiger partial charge in [-0.3, -0.25) is 4.79 Å². The van der Waals surface area contributed by atoms with Gasteiger partial charge in [0.2, 0.25) is 5.91 Å². The molecule has 0 atom stereocenters. The Bertz CT molecular complexity index is 652. The first kappa shape index (κ1) is 11.6. The SMILES string of the molecule is CN(c1cccc(N)c1)c1ccc2c(c1)CC(=O)N2. The summed E-state index contributed by atoms with van der Waals surface area (Å²) < 4.78 is 0. The van der Waals surface area contributed by atoms with Gasteiger partial charge in [0.25, 0.3) is 0 Å². The zero-order chi connectivity index (χ0) is 13.4. The van der Waals surface area contributed by atoms with E-state index in [0.717, 1.165) is 28.3 Å². The lowest BCUT2D eigenvalue weighted by Crippen LogP contribution is -2.09. The lowest BCUT2D eigenvalue weighted by atomic mass is 10.1. The predicted octanol–water partition coefficient (Wildman–Crippen LogP) is 2.53. The molecule has 0 radical (unpaired) electrons. The van der Waals surface area contributed by atoms with Crippen LogP contribution >= 0.6 is 0 Å². The smallest absolute Gasteiger partial charge is 0.228 e. The summed E-state index contributed by atoms with van der Waals surface area (Å²) in [4.78, 5) is 13.4. The van der Waals surface area contributed by atoms with Crippen molar-refractivity contribution in [2.75, 3.05) is 23.0 Å². The standard InChI is InChI=1S/C15H15N3O/c1-18(12-4-2-3-11(16)9-12)13-5-6-14-10(7-13)8-15(19)17-14/h2-7,9H,8,16H2,1H3,(H,17,19). The first-order valence-electron chi connectivity index (χ1n) is 6.15. The van der Waals surface area contributed by atoms with Crippen molar-refractivity contribution in [2.45, 2.75) is 6.42 Å². The van der Waals surface area contributed by atoms with Crippen LogP contribution in [0.2, 0.25) is 0 Å². The lowest BCUT2D eigenvalue weighted by molar-refractivity contribution is -0.115. The van der Waals surface area contributed by atoms with Gasteiger partial charge in [0.15, 0.2) is 0 Å². The number of hydrogen-bond acceptors (Lipinski definition) is 3. The Morgan fingerprint density at radius 1 is 1.16 bits per heavy atom. The molecule has 0 bridgehead atoms. The number of anilines is 4. The van der Waals surface area contributed by atoms with Crippen LogP contribution in [0.4, 0.5) is 22.7 Å². The Kier molecular flexibility index (Phi) is 2.63. The fraction of sp³-hybridized carbons (Fsp3) is 0.133. The van der Waals surface area contributed by atoms with Gasteiger partial charge in [-0.05, 0) is 42.0 Å². The van der Waals surface area contributed by atoms with Gasteiger partial charge >= 0.3 is 0 Å². The number of nitrogen functional groups attached to an aromatic ring is 1. The van der Waals surface area contributed by atoms with Crippen molar-refractivity contribution in [2.24, 2.45) is 0 Å². The van der Waals surface area contributed by atoms with Gasteiger partial charge < -0.3 is 16.0 Å². The lowest BCUT2D eigenvalue weighted by Gasteiger charge is -2.20. The number of carbonyl (C=O) groups is 1. The molecule has 4 nitrogen and oxygen atoms in total. The molecule has 0 aliphatic carbocycles. The molecular weight excluding hydrogens is 238 g/mol. The van der Waals surface area contributed by atoms with E-state index >= 15 is 0 Å². The first-order chi connectivity index (χ1) is 9.13. The van der Waals surface area contributed by atoms with Crippen LogP contribution in [0.1, 0.15) is 5.56 Å². The molecule has 1 heterocycles. The number of carbonyl (C=O) groups excluding carboxylic acids is 1. The van der Waals surface area contributed by atoms with E-state index in [1.54, 1.807) is 0 Å². The number of nitrogens with one attached hydrogen (secondary N) is 1. The Hall–Kier alpha value is -2.49. The highest BCUT2D eigenvalue weighted by atomic mass is 16.1. The van der Waals surface area contributed by atoms with Gasteiger partial charge in [-0.25, -0.2) is 0 Å². The normalized spacial score (nSPS) is 13.0. The Morgan fingerprint density at radius 3 is 2.74 bits per heavy atom. The summed E-state index contributed by atoms with van der Waals surface area (Å²) in [6.45, 7) is 0. The van der Waals surface area contributed by atoms with E-state index in [1.165, 1.54) is 0 Å². The number of amides is 1. The van der Waals surface area contributed by atoms with E-state index in [0.29, 0.717) is 6.42 Å². The zero-order valence-electron chi connectivity index (χ0n) is 10.7. The van der Waals surface area contributed by atoms with Crippen molar-refractivity contribution in [1.29, 1.82) is 0 Å². The highest BCUT2D eigenvalue weighted by Crippen LogP contribution is 2.31. The second kappa shape index (κ2) is 4.31. The van der Waals surface area contributed by atoms with Crippen molar-refractivity contribution in [3.05, 3.63) is 48.0 Å². The molecule has 0 saturated heterocycles. The summed E-state index contributed by atoms with van der Waals surface area (Å²) in [5.74, 6) is 0.0544. The second-order valence-corrected chi connectivity index (χ2v) is 4.72. The minimum Gasteiger partial charge on any atom is -0.399 e. The molecule has 4 heteroatoms. The highest BCUT2D eigenvalue weighted by Gasteiger charge is 2.18. The molecule has 96 valence electrons. The molecule has 19 heavy (non-hydrogen) atoms. The minimum atomic E-state index is 0.0544. The average molecular weight is 253 g/mol. The largest absolute Gasteiger partial charge is 0.399 e. The van der Waals surface area contributed by atoms with Crippen molar-refractivity contribution in [3.63, 3.8) is 0 Å². The molecular formula is C15H15N3O. The number of nitrogens with zero attached hydrogens (tertiary/aromatic N) is 1. The van der Waals surface area contributed by atoms with Crippen LogP contribution in [0.5, 0.6) is 0 Å². The van der Waals surface area contributed by atoms with Crippen molar-refractivity contribution in [1.82, 2.24) is 0 Å². The maximum atomic E-state index is 11.4. The van der Waals surface area contributed by atoms with Gasteiger partial charge in [-0.1, -0.05) is 6.07 Å². The van der Waals surface area contributed by atoms with Crippen LogP contribution in [0, 0.1) is 0 Å². The molecule has 0 spiro atoms. The summed E-state index contributed by atoms with van der Waals surface area (Å²) >= 11 is 0. The monoisotopic (exact) mass is 253 g/mol. The summed E-state index contributed by atoms with van der Waals surface area (Å²) in [5, 5.41) is 2.83. The van der Waals surface area contributed by atoms with E-state index in [9.17, 15) is 4.79 Å². The van der Waals surface area contributed by atoms with Crippen LogP contribution in [-0.4, -0.2) is 13.0 Å². The molecule has 1 aliphatic heterocycles. The molecule has 0 saturated carbocycles. The summed E-state index contributed by atoms with van der Waals surface area (Å²) in [5.41, 5.74) is 10.6. The number of rotatable bonds is 2. The van der Waals surface area contributed by atoms with Gasteiger partial charge in [0.05, 0.1) is 6.42 Å². The maximum absolute atomic E-state index is 11.4. The highest BCUT2D eigenvalue weighted by molar-refractivity contribution is 5.99. The van der Waals surface area contributed by atoms with E-state index in [4.69, 9.17) is 5.73 Å². The number of nitrogens with two attached hydrogens (primary N) is 1. The fourth-order valence-electron chi connectivity index (χ4n) is 2.31. The minimum absolute atomic E-state index is 0.0544. The van der Waals surface area contributed by atoms with Crippen molar-refractivity contribution >= 4 is 28.7 Å². The molecule has 0 fully saturated rings. The molecule has 1 aliphatic rings. The third kappa shape index (κ3) is 2.12. The Morgan fingerprint density at radius 2 is 1.95 bits per heavy atom. The van der Waals surface area contributed by atoms with Gasteiger partial charge in [-0.2, -0.15) is 0 Å². The molecule has 0 unspecified atom stereocenters. The Labute approximate surface area is 111 Å². The molecule has 1 amide bonds. The summed E-state index contributed by atoms with van der Waals surface area (Å²) in [7, 11) is 1.99. The molecule has 3 rings (SSSR count). The molecule has 2 aromatic rings. The van der Waals surface area contributed by atoms with Crippen LogP contribution in [0.3, 0.4) is 0 Å². The van der Waals surface area contributed by atoms with Crippen LogP contribution in [0.15, 0.2) is 42.5 Å². The van der Waals surface area contributed by atoms with E-state index in [2.05, 4.69) is 10.2 Å². The topological polar surface area (TPSA) is 58.4 Å². The number of benzene rings is 2. The number of hydrogen-bond donors (Lipinski definition) is 2. The maximum Gasteiger partial charge on any atom is 0.228 e. The molecule has 0 aromatic heterocycles. The van der Waals surface area contributed by atoms with E-state index in [1.807, 2.05) is 49.5 Å². The summed E-state index contributed by atoms with van der Waals surface area (Å²) in [6, 6.07) is 13.7. The predicted molar refractivity (Wildman–Crippen MR) is 77.7 cm³/mol. The quantitative estimate of drug-likeness (QED) is 0.809. The summed E-state index contributed by atoms with van der Waals surface area (Å²) in [6.07, 6.45) is 0.452. The molecule has 3 N–H and O–H groups in total. The third-order valence-electron chi connectivity index (χ3n) is 3.36. The van der Waals surface area contributed by atoms with Crippen molar-refractivity contribution < 1.29 is 4.79 Å². The van der Waals surface area contributed by atoms with Crippen LogP contribution in [0.25, 0.3) is 0 Å². The van der Waals surface area contributed by atoms with Crippen LogP contribution < -0.4 is 16.0 Å². The molecule has 2 aromatic carbocycles. The van der Waals surface area contributed by atoms with Crippen molar-refractivity contribution in [3.8, 4) is 0 Å². The first-order valence-corrected chi connectivity index (χ1v) is 6.15. The van der Waals surface area contributed by atoms with E-state index in [-0.39, 0.29) is 5.91 Å². The second-order valence-electron chi connectivity index (χ2n) is 4.72. The number of fused-ring (bicyclic) bond motifs is 1.